The fraction of sp³-hybridized carbons (Fsp3) is 0.833. The van der Waals surface area contributed by atoms with Crippen molar-refractivity contribution in [1.29, 1.82) is 0 Å². The highest BCUT2D eigenvalue weighted by atomic mass is 19.4. The van der Waals surface area contributed by atoms with Crippen molar-refractivity contribution in [3.8, 4) is 0 Å². The predicted molar refractivity (Wildman–Crippen MR) is 35.0 cm³/mol. The molecule has 0 bridgehead atoms. The van der Waals surface area contributed by atoms with Crippen LogP contribution in [0.4, 0.5) is 26.3 Å². The lowest BCUT2D eigenvalue weighted by Gasteiger charge is -2.09. The molecule has 0 heterocycles. The number of hydrogen-bond acceptors (Lipinski definition) is 4. The maximum Gasteiger partial charge on any atom is 0.523 e. The van der Waals surface area contributed by atoms with E-state index in [2.05, 4.69) is 14.2 Å². The van der Waals surface area contributed by atoms with Crippen LogP contribution in [0.25, 0.3) is 0 Å². The molecule has 0 aromatic carbocycles. The van der Waals surface area contributed by atoms with Crippen molar-refractivity contribution in [2.75, 3.05) is 19.8 Å². The maximum atomic E-state index is 11.4. The van der Waals surface area contributed by atoms with Gasteiger partial charge in [-0.3, -0.25) is 9.47 Å². The zero-order valence-corrected chi connectivity index (χ0v) is 7.52. The second-order valence-electron chi connectivity index (χ2n) is 2.25. The quantitative estimate of drug-likeness (QED) is 0.426. The molecule has 0 N–H and O–H groups in total. The molecule has 10 heteroatoms. The molecule has 0 aliphatic heterocycles. The molecule has 96 valence electrons. The minimum atomic E-state index is -5.00. The molecule has 0 saturated carbocycles. The van der Waals surface area contributed by atoms with Crippen LogP contribution in [0.5, 0.6) is 0 Å². The summed E-state index contributed by atoms with van der Waals surface area (Å²) in [6.45, 7) is -3.24. The Morgan fingerprint density at radius 2 is 1.38 bits per heavy atom. The average Bonchev–Trinajstić information content (AvgIpc) is 2.06. The number of ether oxygens (including phenoxy) is 3. The van der Waals surface area contributed by atoms with Crippen molar-refractivity contribution in [2.24, 2.45) is 0 Å². The summed E-state index contributed by atoms with van der Waals surface area (Å²) in [5.74, 6) is -1.44. The van der Waals surface area contributed by atoms with E-state index in [-0.39, 0.29) is 0 Å². The third kappa shape index (κ3) is 11.0. The van der Waals surface area contributed by atoms with Crippen molar-refractivity contribution in [3.05, 3.63) is 0 Å². The van der Waals surface area contributed by atoms with Gasteiger partial charge in [-0.2, -0.15) is 0 Å². The molecule has 0 amide bonds. The normalized spacial score (nSPS) is 12.6. The lowest BCUT2D eigenvalue weighted by Crippen LogP contribution is -2.23. The smallest absolute Gasteiger partial charge is 0.462 e. The summed E-state index contributed by atoms with van der Waals surface area (Å²) in [5.41, 5.74) is 0. The zero-order chi connectivity index (χ0) is 12.8. The average molecular weight is 256 g/mol. The minimum absolute atomic E-state index is 0.820. The van der Waals surface area contributed by atoms with Gasteiger partial charge in [0.15, 0.2) is 6.61 Å². The van der Waals surface area contributed by atoms with Crippen LogP contribution in [0, 0.1) is 0 Å². The summed E-state index contributed by atoms with van der Waals surface area (Å²) >= 11 is 0. The monoisotopic (exact) mass is 256 g/mol. The number of alkyl halides is 6. The van der Waals surface area contributed by atoms with Gasteiger partial charge >= 0.3 is 18.7 Å². The summed E-state index contributed by atoms with van der Waals surface area (Å²) in [7, 11) is 0. The van der Waals surface area contributed by atoms with E-state index < -0.39 is 38.5 Å². The largest absolute Gasteiger partial charge is 0.523 e. The van der Waals surface area contributed by atoms with Gasteiger partial charge in [-0.1, -0.05) is 0 Å². The molecule has 0 fully saturated rings. The van der Waals surface area contributed by atoms with E-state index >= 15 is 0 Å². The molecular weight excluding hydrogens is 250 g/mol. The molecule has 0 spiro atoms. The lowest BCUT2D eigenvalue weighted by molar-refractivity contribution is -0.328. The Kier molecular flexibility index (Phi) is 5.51. The SMILES string of the molecule is O=C(COC(F)(F)F)OCCOC(F)(F)F. The second kappa shape index (κ2) is 5.89. The first-order chi connectivity index (χ1) is 7.10. The van der Waals surface area contributed by atoms with Crippen molar-refractivity contribution in [2.45, 2.75) is 12.7 Å². The summed E-state index contributed by atoms with van der Waals surface area (Å²) < 4.78 is 78.3. The Labute approximate surface area is 85.1 Å². The minimum Gasteiger partial charge on any atom is -0.462 e. The van der Waals surface area contributed by atoms with Gasteiger partial charge in [-0.15, -0.1) is 26.3 Å². The van der Waals surface area contributed by atoms with Gasteiger partial charge in [0.25, 0.3) is 0 Å². The van der Waals surface area contributed by atoms with Crippen LogP contribution in [0.15, 0.2) is 0 Å². The Bertz CT molecular complexity index is 222. The number of carbonyl (C=O) groups excluding carboxylic acids is 1. The van der Waals surface area contributed by atoms with E-state index in [1.165, 1.54) is 0 Å². The van der Waals surface area contributed by atoms with E-state index in [0.717, 1.165) is 0 Å². The van der Waals surface area contributed by atoms with Crippen molar-refractivity contribution >= 4 is 5.97 Å². The molecule has 0 radical (unpaired) electrons. The fourth-order valence-electron chi connectivity index (χ4n) is 0.495. The van der Waals surface area contributed by atoms with Crippen molar-refractivity contribution in [1.82, 2.24) is 0 Å². The Morgan fingerprint density at radius 3 is 1.81 bits per heavy atom. The van der Waals surface area contributed by atoms with Crippen LogP contribution in [0.2, 0.25) is 0 Å². The zero-order valence-electron chi connectivity index (χ0n) is 7.52. The van der Waals surface area contributed by atoms with Crippen LogP contribution in [-0.2, 0) is 19.0 Å². The highest BCUT2D eigenvalue weighted by molar-refractivity contribution is 5.70. The van der Waals surface area contributed by atoms with Gasteiger partial charge in [0.1, 0.15) is 6.61 Å². The van der Waals surface area contributed by atoms with Crippen LogP contribution < -0.4 is 0 Å². The summed E-state index contributed by atoms with van der Waals surface area (Å²) in [4.78, 5) is 10.4. The number of halogens is 6. The van der Waals surface area contributed by atoms with E-state index in [1.54, 1.807) is 0 Å². The topological polar surface area (TPSA) is 44.8 Å². The first-order valence-corrected chi connectivity index (χ1v) is 3.67. The van der Waals surface area contributed by atoms with Crippen LogP contribution in [0.3, 0.4) is 0 Å². The van der Waals surface area contributed by atoms with E-state index in [1.807, 2.05) is 0 Å². The molecule has 0 aromatic rings. The number of esters is 1. The van der Waals surface area contributed by atoms with Gasteiger partial charge in [-0.05, 0) is 0 Å². The number of hydrogen-bond donors (Lipinski definition) is 0. The predicted octanol–water partition coefficient (Wildman–Crippen LogP) is 1.60. The van der Waals surface area contributed by atoms with Gasteiger partial charge in [-0.25, -0.2) is 4.79 Å². The van der Waals surface area contributed by atoms with Gasteiger partial charge in [0, 0.05) is 0 Å². The van der Waals surface area contributed by atoms with Crippen molar-refractivity contribution < 1.29 is 45.3 Å². The highest BCUT2D eigenvalue weighted by Gasteiger charge is 2.31. The van der Waals surface area contributed by atoms with Gasteiger partial charge in [0.2, 0.25) is 0 Å². The van der Waals surface area contributed by atoms with Gasteiger partial charge < -0.3 is 4.74 Å². The van der Waals surface area contributed by atoms with E-state index in [4.69, 9.17) is 0 Å². The molecule has 0 aliphatic carbocycles. The van der Waals surface area contributed by atoms with Crippen LogP contribution in [0.1, 0.15) is 0 Å². The number of carbonyl (C=O) groups is 1. The third-order valence-corrected chi connectivity index (χ3v) is 0.966. The first-order valence-electron chi connectivity index (χ1n) is 3.67. The Morgan fingerprint density at radius 1 is 0.875 bits per heavy atom. The molecule has 0 aromatic heterocycles. The second-order valence-corrected chi connectivity index (χ2v) is 2.25. The molecule has 0 aliphatic rings. The van der Waals surface area contributed by atoms with Crippen molar-refractivity contribution in [3.63, 3.8) is 0 Å². The van der Waals surface area contributed by atoms with Gasteiger partial charge in [0.05, 0.1) is 6.61 Å². The molecule has 0 rings (SSSR count). The summed E-state index contributed by atoms with van der Waals surface area (Å²) in [6.07, 6.45) is -9.88. The maximum absolute atomic E-state index is 11.4. The number of rotatable bonds is 5. The lowest BCUT2D eigenvalue weighted by atomic mass is 10.7. The summed E-state index contributed by atoms with van der Waals surface area (Å²) in [6, 6.07) is 0. The Balaban J connectivity index is 3.52. The van der Waals surface area contributed by atoms with E-state index in [0.29, 0.717) is 0 Å². The van der Waals surface area contributed by atoms with Crippen LogP contribution >= 0.6 is 0 Å². The molecule has 4 nitrogen and oxygen atoms in total. The molecule has 0 unspecified atom stereocenters. The Hall–Kier alpha value is -1.03. The first kappa shape index (κ1) is 15.0. The molecule has 16 heavy (non-hydrogen) atoms. The molecular formula is C6H6F6O4. The molecule has 0 atom stereocenters. The summed E-state index contributed by atoms with van der Waals surface area (Å²) in [5, 5.41) is 0. The molecule has 0 saturated heterocycles. The third-order valence-electron chi connectivity index (χ3n) is 0.966. The standard InChI is InChI=1S/C6H6F6O4/c7-5(8,9)15-2-1-14-4(13)3-16-6(10,11)12/h1-3H2. The van der Waals surface area contributed by atoms with E-state index in [9.17, 15) is 31.1 Å². The van der Waals surface area contributed by atoms with Crippen LogP contribution in [-0.4, -0.2) is 38.5 Å². The fourth-order valence-corrected chi connectivity index (χ4v) is 0.495. The highest BCUT2D eigenvalue weighted by Crippen LogP contribution is 2.16.